The smallest absolute Gasteiger partial charge is 0.319 e. The van der Waals surface area contributed by atoms with E-state index in [0.29, 0.717) is 47.8 Å². The van der Waals surface area contributed by atoms with E-state index >= 15 is 13.2 Å². The molecule has 0 spiro atoms. The van der Waals surface area contributed by atoms with E-state index in [4.69, 9.17) is 31.2 Å². The highest BCUT2D eigenvalue weighted by Gasteiger charge is 2.56. The summed E-state index contributed by atoms with van der Waals surface area (Å²) in [6.07, 6.45) is 8.33. The second-order valence-corrected chi connectivity index (χ2v) is 13.4. The number of nitrogens with zero attached hydrogens (tertiary/aromatic N) is 5. The highest BCUT2D eigenvalue weighted by molar-refractivity contribution is 6.39. The first-order chi connectivity index (χ1) is 23.0. The van der Waals surface area contributed by atoms with Crippen LogP contribution in [0.4, 0.5) is 24.7 Å². The lowest BCUT2D eigenvalue weighted by Gasteiger charge is -2.33. The van der Waals surface area contributed by atoms with Crippen LogP contribution in [0.15, 0.2) is 30.5 Å². The topological polar surface area (TPSA) is 80.4 Å². The molecular weight excluding hydrogens is 613 g/mol. The second-order valence-electron chi connectivity index (χ2n) is 13.0. The molecule has 6 atom stereocenters. The predicted octanol–water partition coefficient (Wildman–Crippen LogP) is 6.87. The monoisotopic (exact) mass is 648 g/mol. The Labute approximate surface area is 273 Å². The van der Waals surface area contributed by atoms with Gasteiger partial charge in [0, 0.05) is 53.0 Å². The maximum atomic E-state index is 17.0. The molecule has 1 saturated carbocycles. The number of nitrogen functional groups attached to an aromatic ring is 1. The van der Waals surface area contributed by atoms with E-state index in [0.717, 1.165) is 19.3 Å². The van der Waals surface area contributed by atoms with E-state index in [1.807, 2.05) is 9.80 Å². The SMILES string of the molecule is [2H]C([2H])(Oc1nc(N2CCCC[C@H]3[C@H](F)[C@H]32)c2cnc(-c3cc(N)c(Cl)c4cccc(C#C)c34)c(F)c2n1)[C@@]12CCCN1[C@H](C)[C@H](F)C2. The van der Waals surface area contributed by atoms with Crippen molar-refractivity contribution >= 4 is 44.8 Å². The van der Waals surface area contributed by atoms with Crippen LogP contribution in [-0.4, -0.2) is 69.5 Å². The number of rotatable bonds is 5. The first-order valence-corrected chi connectivity index (χ1v) is 16.2. The molecule has 4 fully saturated rings. The van der Waals surface area contributed by atoms with Crippen LogP contribution in [0.1, 0.15) is 53.8 Å². The lowest BCUT2D eigenvalue weighted by molar-refractivity contribution is 0.0879. The van der Waals surface area contributed by atoms with Gasteiger partial charge in [0.05, 0.1) is 30.4 Å². The molecule has 2 aromatic carbocycles. The number of halogens is 4. The first kappa shape index (κ1) is 27.3. The van der Waals surface area contributed by atoms with Crippen molar-refractivity contribution in [1.82, 2.24) is 19.9 Å². The molecule has 238 valence electrons. The van der Waals surface area contributed by atoms with Crippen molar-refractivity contribution < 1.29 is 20.6 Å². The number of benzene rings is 2. The lowest BCUT2D eigenvalue weighted by Crippen LogP contribution is -2.46. The summed E-state index contributed by atoms with van der Waals surface area (Å²) in [5.41, 5.74) is 5.69. The van der Waals surface area contributed by atoms with Crippen LogP contribution >= 0.6 is 11.6 Å². The standard InChI is InChI=1S/C35H34ClF3N6O/c1-3-19-8-6-10-20-26(19)22(14-25(40)27(20)36)30-29(39)31-23(16-41-30)33(44-12-5-4-9-21-28(38)32(21)44)43-34(42-31)46-17-35-11-7-13-45(35)18(2)24(37)15-35/h1,6,8,10,14,16,18,21,24,28,32H,4-5,7,9,11-13,15,17,40H2,2H3/t18-,21+,24-,28+,32+,35+/m1/s1/i17D2. The third-order valence-electron chi connectivity index (χ3n) is 10.4. The molecule has 2 aromatic heterocycles. The molecule has 4 aromatic rings. The van der Waals surface area contributed by atoms with Gasteiger partial charge in [-0.15, -0.1) is 6.42 Å². The average Bonchev–Trinajstić information content (AvgIpc) is 3.47. The summed E-state index contributed by atoms with van der Waals surface area (Å²) in [6.45, 7) is 0.318. The van der Waals surface area contributed by atoms with Gasteiger partial charge in [-0.2, -0.15) is 9.97 Å². The maximum Gasteiger partial charge on any atom is 0.319 e. The number of anilines is 2. The molecule has 1 aliphatic carbocycles. The molecule has 8 rings (SSSR count). The predicted molar refractivity (Wildman–Crippen MR) is 174 cm³/mol. The Morgan fingerprint density at radius 3 is 2.89 bits per heavy atom. The van der Waals surface area contributed by atoms with E-state index in [9.17, 15) is 0 Å². The Balaban J connectivity index is 1.32. The largest absolute Gasteiger partial charge is 0.461 e. The van der Waals surface area contributed by atoms with Crippen molar-refractivity contribution in [2.24, 2.45) is 5.92 Å². The molecule has 4 aliphatic rings. The summed E-state index contributed by atoms with van der Waals surface area (Å²) in [6, 6.07) is 5.34. The van der Waals surface area contributed by atoms with Gasteiger partial charge in [-0.05, 0) is 51.3 Å². The molecular formula is C35H34ClF3N6O. The molecule has 3 saturated heterocycles. The van der Waals surface area contributed by atoms with Crippen molar-refractivity contribution in [2.45, 2.75) is 75.4 Å². The number of hydrogen-bond donors (Lipinski definition) is 1. The van der Waals surface area contributed by atoms with E-state index < -0.39 is 48.4 Å². The number of terminal acetylenes is 1. The minimum Gasteiger partial charge on any atom is -0.461 e. The van der Waals surface area contributed by atoms with Crippen LogP contribution in [0.5, 0.6) is 6.01 Å². The van der Waals surface area contributed by atoms with Crippen LogP contribution in [0.2, 0.25) is 5.02 Å². The summed E-state index contributed by atoms with van der Waals surface area (Å²) in [4.78, 5) is 17.3. The minimum absolute atomic E-state index is 0.0496. The van der Waals surface area contributed by atoms with Crippen LogP contribution in [-0.2, 0) is 0 Å². The summed E-state index contributed by atoms with van der Waals surface area (Å²) in [5.74, 6) is 1.83. The molecule has 5 heterocycles. The molecule has 0 radical (unpaired) electrons. The number of hydrogen-bond acceptors (Lipinski definition) is 7. The number of alkyl halides is 2. The van der Waals surface area contributed by atoms with E-state index in [1.165, 1.54) is 12.3 Å². The zero-order valence-electron chi connectivity index (χ0n) is 27.2. The molecule has 2 N–H and O–H groups in total. The van der Waals surface area contributed by atoms with Gasteiger partial charge in [0.15, 0.2) is 5.82 Å². The van der Waals surface area contributed by atoms with Crippen LogP contribution in [0, 0.1) is 24.1 Å². The zero-order chi connectivity index (χ0) is 33.7. The van der Waals surface area contributed by atoms with Crippen molar-refractivity contribution in [3.05, 3.63) is 46.9 Å². The normalized spacial score (nSPS) is 30.0. The van der Waals surface area contributed by atoms with Gasteiger partial charge >= 0.3 is 6.01 Å². The second kappa shape index (κ2) is 10.9. The Morgan fingerprint density at radius 2 is 2.07 bits per heavy atom. The lowest BCUT2D eigenvalue weighted by atomic mass is 9.94. The molecule has 46 heavy (non-hydrogen) atoms. The number of nitrogens with two attached hydrogens (primary N) is 1. The summed E-state index contributed by atoms with van der Waals surface area (Å²) in [5, 5.41) is 1.51. The molecule has 11 heteroatoms. The van der Waals surface area contributed by atoms with Gasteiger partial charge in [-0.1, -0.05) is 36.1 Å². The average molecular weight is 649 g/mol. The Bertz CT molecular complexity index is 2030. The Hall–Kier alpha value is -3.81. The fraction of sp³-hybridized carbons (Fsp3) is 0.457. The van der Waals surface area contributed by atoms with Crippen molar-refractivity contribution in [1.29, 1.82) is 0 Å². The van der Waals surface area contributed by atoms with Crippen LogP contribution in [0.25, 0.3) is 32.9 Å². The summed E-state index contributed by atoms with van der Waals surface area (Å²) >= 11 is 6.55. The fourth-order valence-electron chi connectivity index (χ4n) is 8.05. The number of fused-ring (bicyclic) bond motifs is 4. The zero-order valence-corrected chi connectivity index (χ0v) is 26.0. The van der Waals surface area contributed by atoms with Gasteiger partial charge in [0.1, 0.15) is 35.9 Å². The van der Waals surface area contributed by atoms with Crippen LogP contribution in [0.3, 0.4) is 0 Å². The van der Waals surface area contributed by atoms with Crippen molar-refractivity contribution in [2.75, 3.05) is 30.3 Å². The van der Waals surface area contributed by atoms with Crippen molar-refractivity contribution in [3.8, 4) is 29.6 Å². The van der Waals surface area contributed by atoms with Gasteiger partial charge < -0.3 is 15.4 Å². The quantitative estimate of drug-likeness (QED) is 0.187. The van der Waals surface area contributed by atoms with Gasteiger partial charge in [0.2, 0.25) is 0 Å². The Kier molecular flexibility index (Phi) is 6.46. The summed E-state index contributed by atoms with van der Waals surface area (Å²) in [7, 11) is 0. The van der Waals surface area contributed by atoms with Gasteiger partial charge in [0.25, 0.3) is 0 Å². The molecule has 7 nitrogen and oxygen atoms in total. The highest BCUT2D eigenvalue weighted by atomic mass is 35.5. The molecule has 0 amide bonds. The van der Waals surface area contributed by atoms with Crippen LogP contribution < -0.4 is 15.4 Å². The molecule has 0 unspecified atom stereocenters. The number of aromatic nitrogens is 3. The third-order valence-corrected chi connectivity index (χ3v) is 10.9. The van der Waals surface area contributed by atoms with E-state index in [-0.39, 0.29) is 45.5 Å². The Morgan fingerprint density at radius 1 is 1.22 bits per heavy atom. The van der Waals surface area contributed by atoms with Gasteiger partial charge in [-0.25, -0.2) is 13.2 Å². The molecule has 3 aliphatic heterocycles. The van der Waals surface area contributed by atoms with E-state index in [2.05, 4.69) is 20.9 Å². The molecule has 0 bridgehead atoms. The third kappa shape index (κ3) is 4.42. The summed E-state index contributed by atoms with van der Waals surface area (Å²) < 4.78 is 71.4. The number of ether oxygens (including phenoxy) is 1. The van der Waals surface area contributed by atoms with E-state index in [1.54, 1.807) is 25.1 Å². The highest BCUT2D eigenvalue weighted by Crippen LogP contribution is 2.49. The first-order valence-electron chi connectivity index (χ1n) is 16.8. The minimum atomic E-state index is -2.43. The fourth-order valence-corrected chi connectivity index (χ4v) is 8.26. The van der Waals surface area contributed by atoms with Gasteiger partial charge in [-0.3, -0.25) is 9.88 Å². The van der Waals surface area contributed by atoms with Crippen molar-refractivity contribution in [3.63, 3.8) is 0 Å². The maximum absolute atomic E-state index is 17.0. The number of pyridine rings is 1.